The summed E-state index contributed by atoms with van der Waals surface area (Å²) in [7, 11) is 0. The van der Waals surface area contributed by atoms with Crippen molar-refractivity contribution >= 4 is 53.1 Å². The highest BCUT2D eigenvalue weighted by atomic mass is 127. The minimum atomic E-state index is -0.178. The number of aromatic nitrogens is 1. The third-order valence-corrected chi connectivity index (χ3v) is 4.45. The molecule has 30 heavy (non-hydrogen) atoms. The van der Waals surface area contributed by atoms with Crippen molar-refractivity contribution < 1.29 is 9.59 Å². The van der Waals surface area contributed by atoms with Crippen molar-refractivity contribution in [3.63, 3.8) is 0 Å². The Bertz CT molecular complexity index is 858. The van der Waals surface area contributed by atoms with Gasteiger partial charge in [0.15, 0.2) is 5.96 Å². The monoisotopic (exact) mass is 522 g/mol. The standard InChI is InChI=1S/C21H26N6O2.HI/c1-2-23-21(25-15-19(28)26-17-5-3-11-22-14-17)24-13-16-7-9-18(10-8-16)27-12-4-6-20(27)29;/h3,5,7-11,14H,2,4,6,12-13,15H2,1H3,(H,26,28)(H2,23,24,25);1H. The molecular formula is C21H27IN6O2. The Kier molecular flexibility index (Phi) is 9.52. The SMILES string of the molecule is CCNC(=NCc1ccc(N2CCCC2=O)cc1)NCC(=O)Nc1cccnc1.I. The third-order valence-electron chi connectivity index (χ3n) is 4.45. The summed E-state index contributed by atoms with van der Waals surface area (Å²) < 4.78 is 0. The minimum absolute atomic E-state index is 0. The van der Waals surface area contributed by atoms with Gasteiger partial charge < -0.3 is 20.9 Å². The van der Waals surface area contributed by atoms with E-state index in [1.165, 1.54) is 0 Å². The molecule has 1 aliphatic rings. The lowest BCUT2D eigenvalue weighted by molar-refractivity contribution is -0.117. The van der Waals surface area contributed by atoms with Gasteiger partial charge in [0.1, 0.15) is 0 Å². The van der Waals surface area contributed by atoms with E-state index in [1.807, 2.05) is 36.1 Å². The third kappa shape index (κ3) is 6.97. The van der Waals surface area contributed by atoms with Crippen LogP contribution in [0.3, 0.4) is 0 Å². The van der Waals surface area contributed by atoms with Crippen LogP contribution < -0.4 is 20.9 Å². The van der Waals surface area contributed by atoms with E-state index >= 15 is 0 Å². The quantitative estimate of drug-likeness (QED) is 0.295. The lowest BCUT2D eigenvalue weighted by Gasteiger charge is -2.16. The zero-order chi connectivity index (χ0) is 20.5. The molecule has 0 spiro atoms. The number of pyridine rings is 1. The first-order chi connectivity index (χ1) is 14.2. The summed E-state index contributed by atoms with van der Waals surface area (Å²) in [4.78, 5) is 34.2. The number of aliphatic imine (C=N–C) groups is 1. The highest BCUT2D eigenvalue weighted by molar-refractivity contribution is 14.0. The van der Waals surface area contributed by atoms with Gasteiger partial charge in [-0.25, -0.2) is 4.99 Å². The van der Waals surface area contributed by atoms with Crippen molar-refractivity contribution in [3.8, 4) is 0 Å². The van der Waals surface area contributed by atoms with Gasteiger partial charge in [-0.05, 0) is 43.2 Å². The molecule has 0 aliphatic carbocycles. The molecule has 1 fully saturated rings. The number of nitrogens with zero attached hydrogens (tertiary/aromatic N) is 3. The number of guanidine groups is 1. The zero-order valence-corrected chi connectivity index (χ0v) is 19.3. The summed E-state index contributed by atoms with van der Waals surface area (Å²) in [5.41, 5.74) is 2.60. The molecule has 3 rings (SSSR count). The molecule has 2 heterocycles. The number of nitrogens with one attached hydrogen (secondary N) is 3. The van der Waals surface area contributed by atoms with Gasteiger partial charge in [0.2, 0.25) is 11.8 Å². The van der Waals surface area contributed by atoms with Crippen LogP contribution in [0.15, 0.2) is 53.8 Å². The second kappa shape index (κ2) is 12.1. The molecule has 1 aromatic carbocycles. The van der Waals surface area contributed by atoms with Crippen LogP contribution in [0.4, 0.5) is 11.4 Å². The van der Waals surface area contributed by atoms with E-state index in [2.05, 4.69) is 25.9 Å². The lowest BCUT2D eigenvalue weighted by Crippen LogP contribution is -2.41. The van der Waals surface area contributed by atoms with Gasteiger partial charge in [-0.2, -0.15) is 0 Å². The Morgan fingerprint density at radius 2 is 2.00 bits per heavy atom. The maximum atomic E-state index is 12.1. The predicted molar refractivity (Wildman–Crippen MR) is 129 cm³/mol. The molecule has 9 heteroatoms. The predicted octanol–water partition coefficient (Wildman–Crippen LogP) is 2.52. The average Bonchev–Trinajstić information content (AvgIpc) is 3.17. The topological polar surface area (TPSA) is 98.7 Å². The van der Waals surface area contributed by atoms with E-state index in [1.54, 1.807) is 24.5 Å². The summed E-state index contributed by atoms with van der Waals surface area (Å²) in [5, 5.41) is 8.92. The maximum Gasteiger partial charge on any atom is 0.243 e. The highest BCUT2D eigenvalue weighted by Crippen LogP contribution is 2.21. The van der Waals surface area contributed by atoms with Crippen molar-refractivity contribution in [2.45, 2.75) is 26.3 Å². The first kappa shape index (κ1) is 23.6. The fraction of sp³-hybridized carbons (Fsp3) is 0.333. The summed E-state index contributed by atoms with van der Waals surface area (Å²) in [6.45, 7) is 4.00. The number of rotatable bonds is 7. The van der Waals surface area contributed by atoms with Crippen LogP contribution in [-0.2, 0) is 16.1 Å². The number of hydrogen-bond acceptors (Lipinski definition) is 4. The van der Waals surface area contributed by atoms with E-state index in [4.69, 9.17) is 0 Å². The number of hydrogen-bond donors (Lipinski definition) is 3. The molecule has 2 aromatic rings. The van der Waals surface area contributed by atoms with Gasteiger partial charge >= 0.3 is 0 Å². The Morgan fingerprint density at radius 1 is 1.20 bits per heavy atom. The fourth-order valence-corrected chi connectivity index (χ4v) is 3.02. The van der Waals surface area contributed by atoms with Crippen LogP contribution in [0.5, 0.6) is 0 Å². The van der Waals surface area contributed by atoms with E-state index in [9.17, 15) is 9.59 Å². The molecule has 0 saturated carbocycles. The van der Waals surface area contributed by atoms with Crippen molar-refractivity contribution in [1.29, 1.82) is 0 Å². The molecule has 1 saturated heterocycles. The van der Waals surface area contributed by atoms with Crippen LogP contribution in [0, 0.1) is 0 Å². The fourth-order valence-electron chi connectivity index (χ4n) is 3.02. The van der Waals surface area contributed by atoms with Gasteiger partial charge in [0.05, 0.1) is 25.0 Å². The number of amides is 2. The van der Waals surface area contributed by atoms with E-state index in [0.29, 0.717) is 31.2 Å². The van der Waals surface area contributed by atoms with E-state index < -0.39 is 0 Å². The van der Waals surface area contributed by atoms with Crippen LogP contribution in [0.2, 0.25) is 0 Å². The Labute approximate surface area is 193 Å². The van der Waals surface area contributed by atoms with Crippen LogP contribution >= 0.6 is 24.0 Å². The van der Waals surface area contributed by atoms with Gasteiger partial charge in [0.25, 0.3) is 0 Å². The Hall–Kier alpha value is -2.69. The number of anilines is 2. The second-order valence-electron chi connectivity index (χ2n) is 6.65. The largest absolute Gasteiger partial charge is 0.357 e. The molecule has 8 nitrogen and oxygen atoms in total. The van der Waals surface area contributed by atoms with E-state index in [0.717, 1.165) is 24.2 Å². The molecule has 2 amide bonds. The normalized spacial score (nSPS) is 13.6. The number of carbonyl (C=O) groups excluding carboxylic acids is 2. The average molecular weight is 522 g/mol. The van der Waals surface area contributed by atoms with Gasteiger partial charge in [-0.15, -0.1) is 24.0 Å². The molecule has 1 aromatic heterocycles. The molecule has 1 aliphatic heterocycles. The van der Waals surface area contributed by atoms with Crippen LogP contribution in [0.1, 0.15) is 25.3 Å². The van der Waals surface area contributed by atoms with Crippen LogP contribution in [0.25, 0.3) is 0 Å². The smallest absolute Gasteiger partial charge is 0.243 e. The molecule has 0 bridgehead atoms. The number of benzene rings is 1. The first-order valence-corrected chi connectivity index (χ1v) is 9.77. The summed E-state index contributed by atoms with van der Waals surface area (Å²) in [6, 6.07) is 11.4. The van der Waals surface area contributed by atoms with Crippen molar-refractivity contribution in [2.24, 2.45) is 4.99 Å². The summed E-state index contributed by atoms with van der Waals surface area (Å²) >= 11 is 0. The minimum Gasteiger partial charge on any atom is -0.357 e. The summed E-state index contributed by atoms with van der Waals surface area (Å²) in [6.07, 6.45) is 4.78. The first-order valence-electron chi connectivity index (χ1n) is 9.77. The number of halogens is 1. The molecule has 0 atom stereocenters. The second-order valence-corrected chi connectivity index (χ2v) is 6.65. The van der Waals surface area contributed by atoms with Gasteiger partial charge in [-0.3, -0.25) is 14.6 Å². The number of carbonyl (C=O) groups is 2. The Balaban J connectivity index is 0.00000320. The molecule has 0 unspecified atom stereocenters. The van der Waals surface area contributed by atoms with E-state index in [-0.39, 0.29) is 42.3 Å². The Morgan fingerprint density at radius 3 is 2.63 bits per heavy atom. The molecule has 3 N–H and O–H groups in total. The maximum absolute atomic E-state index is 12.1. The molecule has 160 valence electrons. The summed E-state index contributed by atoms with van der Waals surface area (Å²) in [5.74, 6) is 0.565. The van der Waals surface area contributed by atoms with Crippen molar-refractivity contribution in [2.75, 3.05) is 29.9 Å². The van der Waals surface area contributed by atoms with Crippen LogP contribution in [-0.4, -0.2) is 42.4 Å². The van der Waals surface area contributed by atoms with Gasteiger partial charge in [-0.1, -0.05) is 12.1 Å². The lowest BCUT2D eigenvalue weighted by atomic mass is 10.2. The molecular weight excluding hydrogens is 495 g/mol. The van der Waals surface area contributed by atoms with Gasteiger partial charge in [0, 0.05) is 31.4 Å². The highest BCUT2D eigenvalue weighted by Gasteiger charge is 2.21. The van der Waals surface area contributed by atoms with Crippen molar-refractivity contribution in [3.05, 3.63) is 54.4 Å². The van der Waals surface area contributed by atoms with Crippen molar-refractivity contribution in [1.82, 2.24) is 15.6 Å². The zero-order valence-electron chi connectivity index (χ0n) is 16.9. The molecule has 0 radical (unpaired) electrons.